The summed E-state index contributed by atoms with van der Waals surface area (Å²) in [6, 6.07) is 12.2. The number of halogens is 1. The maximum atomic E-state index is 6.16. The average molecular weight is 274 g/mol. The second-order valence-electron chi connectivity index (χ2n) is 4.84. The molecule has 2 heteroatoms. The first-order valence-electron chi connectivity index (χ1n) is 6.97. The molecule has 0 aliphatic carbocycles. The maximum absolute atomic E-state index is 6.16. The third-order valence-electron chi connectivity index (χ3n) is 3.53. The normalized spacial score (nSPS) is 12.4. The molecule has 0 N–H and O–H groups in total. The van der Waals surface area contributed by atoms with E-state index in [9.17, 15) is 0 Å². The highest BCUT2D eigenvalue weighted by Gasteiger charge is 2.15. The van der Waals surface area contributed by atoms with Gasteiger partial charge in [-0.3, -0.25) is 4.98 Å². The predicted molar refractivity (Wildman–Crippen MR) is 82.6 cm³/mol. The molecule has 19 heavy (non-hydrogen) atoms. The van der Waals surface area contributed by atoms with Gasteiger partial charge in [0.05, 0.1) is 5.69 Å². The SMILES string of the molecule is CCCC(CC)c1ccc(Cl)cc1-c1ccccn1. The lowest BCUT2D eigenvalue weighted by atomic mass is 9.87. The summed E-state index contributed by atoms with van der Waals surface area (Å²) >= 11 is 6.16. The fraction of sp³-hybridized carbons (Fsp3) is 0.353. The van der Waals surface area contributed by atoms with Crippen LogP contribution in [0.3, 0.4) is 0 Å². The molecule has 1 atom stereocenters. The quantitative estimate of drug-likeness (QED) is 0.681. The van der Waals surface area contributed by atoms with Gasteiger partial charge in [-0.15, -0.1) is 0 Å². The van der Waals surface area contributed by atoms with Gasteiger partial charge in [0.2, 0.25) is 0 Å². The minimum Gasteiger partial charge on any atom is -0.256 e. The molecular weight excluding hydrogens is 254 g/mol. The molecule has 1 nitrogen and oxygen atoms in total. The zero-order valence-corrected chi connectivity index (χ0v) is 12.3. The number of hydrogen-bond donors (Lipinski definition) is 0. The number of rotatable bonds is 5. The van der Waals surface area contributed by atoms with E-state index in [1.54, 1.807) is 0 Å². The summed E-state index contributed by atoms with van der Waals surface area (Å²) in [5.41, 5.74) is 3.55. The first-order valence-corrected chi connectivity index (χ1v) is 7.34. The first-order chi connectivity index (χ1) is 9.26. The van der Waals surface area contributed by atoms with Crippen LogP contribution in [0.25, 0.3) is 11.3 Å². The molecule has 1 aromatic carbocycles. The Bertz CT molecular complexity index is 522. The minimum absolute atomic E-state index is 0.583. The van der Waals surface area contributed by atoms with Crippen molar-refractivity contribution < 1.29 is 0 Å². The van der Waals surface area contributed by atoms with Crippen molar-refractivity contribution in [1.82, 2.24) is 4.98 Å². The minimum atomic E-state index is 0.583. The summed E-state index contributed by atoms with van der Waals surface area (Å²) in [6.45, 7) is 4.48. The zero-order valence-electron chi connectivity index (χ0n) is 11.6. The van der Waals surface area contributed by atoms with Gasteiger partial charge in [0.15, 0.2) is 0 Å². The predicted octanol–water partition coefficient (Wildman–Crippen LogP) is 5.70. The van der Waals surface area contributed by atoms with E-state index in [4.69, 9.17) is 11.6 Å². The number of nitrogens with zero attached hydrogens (tertiary/aromatic N) is 1. The molecule has 1 heterocycles. The Morgan fingerprint density at radius 1 is 1.16 bits per heavy atom. The Labute approximate surface area is 120 Å². The Hall–Kier alpha value is -1.34. The van der Waals surface area contributed by atoms with Crippen LogP contribution in [0.4, 0.5) is 0 Å². The second kappa shape index (κ2) is 6.72. The van der Waals surface area contributed by atoms with Crippen molar-refractivity contribution in [3.63, 3.8) is 0 Å². The summed E-state index contributed by atoms with van der Waals surface area (Å²) in [5.74, 6) is 0.583. The zero-order chi connectivity index (χ0) is 13.7. The molecule has 0 aliphatic heterocycles. The van der Waals surface area contributed by atoms with Crippen molar-refractivity contribution in [2.75, 3.05) is 0 Å². The number of pyridine rings is 1. The van der Waals surface area contributed by atoms with Crippen LogP contribution in [0.15, 0.2) is 42.6 Å². The van der Waals surface area contributed by atoms with Gasteiger partial charge in [0, 0.05) is 16.8 Å². The standard InChI is InChI=1S/C17H20ClN/c1-3-7-13(4-2)15-10-9-14(18)12-16(15)17-8-5-6-11-19-17/h5-6,8-13H,3-4,7H2,1-2H3. The number of benzene rings is 1. The van der Waals surface area contributed by atoms with E-state index >= 15 is 0 Å². The Morgan fingerprint density at radius 2 is 2.00 bits per heavy atom. The van der Waals surface area contributed by atoms with Crippen molar-refractivity contribution in [2.24, 2.45) is 0 Å². The van der Waals surface area contributed by atoms with Crippen molar-refractivity contribution in [2.45, 2.75) is 39.0 Å². The highest BCUT2D eigenvalue weighted by Crippen LogP contribution is 2.34. The molecule has 2 rings (SSSR count). The van der Waals surface area contributed by atoms with Gasteiger partial charge >= 0.3 is 0 Å². The highest BCUT2D eigenvalue weighted by molar-refractivity contribution is 6.30. The van der Waals surface area contributed by atoms with Gasteiger partial charge in [-0.2, -0.15) is 0 Å². The van der Waals surface area contributed by atoms with Crippen LogP contribution in [0.1, 0.15) is 44.6 Å². The van der Waals surface area contributed by atoms with Crippen LogP contribution in [0, 0.1) is 0 Å². The van der Waals surface area contributed by atoms with Crippen LogP contribution in [0.5, 0.6) is 0 Å². The molecular formula is C17H20ClN. The monoisotopic (exact) mass is 273 g/mol. The van der Waals surface area contributed by atoms with Crippen molar-refractivity contribution >= 4 is 11.6 Å². The number of aromatic nitrogens is 1. The van der Waals surface area contributed by atoms with Gasteiger partial charge in [-0.1, -0.05) is 44.0 Å². The van der Waals surface area contributed by atoms with Gasteiger partial charge in [-0.25, -0.2) is 0 Å². The first kappa shape index (κ1) is 14.1. The molecule has 0 spiro atoms. The lowest BCUT2D eigenvalue weighted by Crippen LogP contribution is -2.00. The molecule has 0 saturated carbocycles. The van der Waals surface area contributed by atoms with Gasteiger partial charge in [0.1, 0.15) is 0 Å². The summed E-state index contributed by atoms with van der Waals surface area (Å²) in [4.78, 5) is 4.47. The Kier molecular flexibility index (Phi) is 4.98. The van der Waals surface area contributed by atoms with Gasteiger partial charge in [0.25, 0.3) is 0 Å². The van der Waals surface area contributed by atoms with Crippen LogP contribution < -0.4 is 0 Å². The smallest absolute Gasteiger partial charge is 0.0705 e. The Balaban J connectivity index is 2.49. The van der Waals surface area contributed by atoms with Crippen molar-refractivity contribution in [1.29, 1.82) is 0 Å². The third-order valence-corrected chi connectivity index (χ3v) is 3.76. The van der Waals surface area contributed by atoms with Crippen LogP contribution in [-0.2, 0) is 0 Å². The van der Waals surface area contributed by atoms with E-state index in [0.717, 1.165) is 17.1 Å². The molecule has 0 bridgehead atoms. The third kappa shape index (κ3) is 3.36. The van der Waals surface area contributed by atoms with E-state index in [2.05, 4.69) is 24.9 Å². The van der Waals surface area contributed by atoms with Gasteiger partial charge in [-0.05, 0) is 48.6 Å². The molecule has 0 saturated heterocycles. The van der Waals surface area contributed by atoms with Crippen LogP contribution in [-0.4, -0.2) is 4.98 Å². The lowest BCUT2D eigenvalue weighted by Gasteiger charge is -2.18. The highest BCUT2D eigenvalue weighted by atomic mass is 35.5. The fourth-order valence-corrected chi connectivity index (χ4v) is 2.73. The molecule has 2 aromatic rings. The summed E-state index contributed by atoms with van der Waals surface area (Å²) in [7, 11) is 0. The fourth-order valence-electron chi connectivity index (χ4n) is 2.56. The van der Waals surface area contributed by atoms with Crippen molar-refractivity contribution in [3.8, 4) is 11.3 Å². The lowest BCUT2D eigenvalue weighted by molar-refractivity contribution is 0.597. The van der Waals surface area contributed by atoms with Gasteiger partial charge < -0.3 is 0 Å². The molecule has 1 unspecified atom stereocenters. The van der Waals surface area contributed by atoms with E-state index in [-0.39, 0.29) is 0 Å². The van der Waals surface area contributed by atoms with Crippen molar-refractivity contribution in [3.05, 3.63) is 53.2 Å². The average Bonchev–Trinajstić information content (AvgIpc) is 2.46. The molecule has 0 fully saturated rings. The van der Waals surface area contributed by atoms with E-state index in [1.807, 2.05) is 36.5 Å². The molecule has 0 radical (unpaired) electrons. The second-order valence-corrected chi connectivity index (χ2v) is 5.28. The molecule has 1 aromatic heterocycles. The van der Waals surface area contributed by atoms with E-state index in [1.165, 1.54) is 24.0 Å². The molecule has 0 amide bonds. The number of hydrogen-bond acceptors (Lipinski definition) is 1. The summed E-state index contributed by atoms with van der Waals surface area (Å²) in [6.07, 6.45) is 5.39. The summed E-state index contributed by atoms with van der Waals surface area (Å²) in [5, 5.41) is 0.774. The van der Waals surface area contributed by atoms with Crippen LogP contribution >= 0.6 is 11.6 Å². The topological polar surface area (TPSA) is 12.9 Å². The van der Waals surface area contributed by atoms with Crippen LogP contribution in [0.2, 0.25) is 5.02 Å². The molecule has 0 aliphatic rings. The van der Waals surface area contributed by atoms with E-state index < -0.39 is 0 Å². The molecule has 100 valence electrons. The largest absolute Gasteiger partial charge is 0.256 e. The summed E-state index contributed by atoms with van der Waals surface area (Å²) < 4.78 is 0. The Morgan fingerprint density at radius 3 is 2.63 bits per heavy atom. The maximum Gasteiger partial charge on any atom is 0.0705 e. The van der Waals surface area contributed by atoms with E-state index in [0.29, 0.717) is 5.92 Å².